The van der Waals surface area contributed by atoms with Crippen molar-refractivity contribution in [3.8, 4) is 23.0 Å². The zero-order valence-corrected chi connectivity index (χ0v) is 17.9. The van der Waals surface area contributed by atoms with Gasteiger partial charge in [-0.25, -0.2) is 5.01 Å². The van der Waals surface area contributed by atoms with Gasteiger partial charge in [-0.1, -0.05) is 24.3 Å². The van der Waals surface area contributed by atoms with Crippen LogP contribution < -0.4 is 14.2 Å². The number of alkyl halides is 2. The summed E-state index contributed by atoms with van der Waals surface area (Å²) < 4.78 is 41.0. The van der Waals surface area contributed by atoms with Gasteiger partial charge in [0.05, 0.1) is 11.8 Å². The van der Waals surface area contributed by atoms with E-state index in [1.165, 1.54) is 35.3 Å². The van der Waals surface area contributed by atoms with Crippen molar-refractivity contribution in [3.63, 3.8) is 0 Å². The van der Waals surface area contributed by atoms with E-state index in [0.29, 0.717) is 42.4 Å². The summed E-state index contributed by atoms with van der Waals surface area (Å²) in [5.74, 6) is 0.608. The smallest absolute Gasteiger partial charge is 0.387 e. The van der Waals surface area contributed by atoms with Crippen LogP contribution in [0.25, 0.3) is 0 Å². The highest BCUT2D eigenvalue weighted by molar-refractivity contribution is 6.05. The quantitative estimate of drug-likeness (QED) is 0.587. The van der Waals surface area contributed by atoms with E-state index in [4.69, 9.17) is 9.47 Å². The van der Waals surface area contributed by atoms with Gasteiger partial charge in [0, 0.05) is 23.1 Å². The second-order valence-electron chi connectivity index (χ2n) is 7.74. The second kappa shape index (κ2) is 9.01. The molecule has 0 aliphatic carbocycles. The first-order chi connectivity index (χ1) is 16.5. The molecule has 9 heteroatoms. The molecule has 5 rings (SSSR count). The summed E-state index contributed by atoms with van der Waals surface area (Å²) in [5.41, 5.74) is 2.01. The Morgan fingerprint density at radius 3 is 2.62 bits per heavy atom. The molecule has 0 bridgehead atoms. The van der Waals surface area contributed by atoms with Crippen molar-refractivity contribution in [3.05, 3.63) is 83.4 Å². The van der Waals surface area contributed by atoms with Crippen LogP contribution in [0, 0.1) is 0 Å². The Bertz CT molecular complexity index is 1260. The second-order valence-corrected chi connectivity index (χ2v) is 7.74. The number of para-hydroxylation sites is 1. The first kappa shape index (κ1) is 21.7. The van der Waals surface area contributed by atoms with E-state index in [9.17, 15) is 18.7 Å². The lowest BCUT2D eigenvalue weighted by atomic mass is 9.97. The molecular formula is C25H20F2N2O5. The largest absolute Gasteiger partial charge is 0.508 e. The standard InChI is InChI=1S/C25H20F2N2O5/c26-25(27)34-17-5-3-4-16(12-17)24(31)29-20(18-6-1-2-7-21(18)30)14-19(28-29)15-8-9-22-23(13-15)33-11-10-32-22/h1-9,12-13,20,25,30H,10-11,14H2/t20-/m0/s1. The maximum atomic E-state index is 13.4. The van der Waals surface area contributed by atoms with E-state index in [-0.39, 0.29) is 17.1 Å². The third-order valence-corrected chi connectivity index (χ3v) is 5.60. The number of hydrogen-bond acceptors (Lipinski definition) is 6. The molecule has 2 heterocycles. The SMILES string of the molecule is O=C(c1cccc(OC(F)F)c1)N1N=C(c2ccc3c(c2)OCCO3)C[C@H]1c1ccccc1O. The highest BCUT2D eigenvalue weighted by atomic mass is 19.3. The topological polar surface area (TPSA) is 80.6 Å². The van der Waals surface area contributed by atoms with Crippen molar-refractivity contribution >= 4 is 11.6 Å². The number of nitrogens with zero attached hydrogens (tertiary/aromatic N) is 2. The van der Waals surface area contributed by atoms with E-state index in [1.54, 1.807) is 30.3 Å². The number of rotatable bonds is 5. The summed E-state index contributed by atoms with van der Waals surface area (Å²) in [7, 11) is 0. The van der Waals surface area contributed by atoms with Crippen molar-refractivity contribution in [2.45, 2.75) is 19.1 Å². The fourth-order valence-corrected chi connectivity index (χ4v) is 4.04. The zero-order chi connectivity index (χ0) is 23.7. The maximum absolute atomic E-state index is 13.4. The van der Waals surface area contributed by atoms with Crippen LogP contribution in [-0.4, -0.2) is 41.6 Å². The van der Waals surface area contributed by atoms with Gasteiger partial charge in [-0.2, -0.15) is 13.9 Å². The number of aromatic hydroxyl groups is 1. The lowest BCUT2D eigenvalue weighted by molar-refractivity contribution is -0.0499. The normalized spacial score (nSPS) is 17.0. The Morgan fingerprint density at radius 1 is 1.03 bits per heavy atom. The van der Waals surface area contributed by atoms with E-state index < -0.39 is 18.6 Å². The molecule has 34 heavy (non-hydrogen) atoms. The van der Waals surface area contributed by atoms with Crippen LogP contribution in [-0.2, 0) is 0 Å². The number of phenols is 1. The van der Waals surface area contributed by atoms with E-state index in [2.05, 4.69) is 9.84 Å². The number of fused-ring (bicyclic) bond motifs is 1. The molecule has 2 aliphatic rings. The van der Waals surface area contributed by atoms with Gasteiger partial charge in [0.1, 0.15) is 24.7 Å². The highest BCUT2D eigenvalue weighted by Gasteiger charge is 2.35. The fourth-order valence-electron chi connectivity index (χ4n) is 4.04. The van der Waals surface area contributed by atoms with Crippen molar-refractivity contribution in [2.75, 3.05) is 13.2 Å². The number of benzene rings is 3. The molecule has 0 spiro atoms. The van der Waals surface area contributed by atoms with Crippen molar-refractivity contribution < 1.29 is 32.9 Å². The molecule has 2 aliphatic heterocycles. The third-order valence-electron chi connectivity index (χ3n) is 5.60. The number of hydrogen-bond donors (Lipinski definition) is 1. The minimum atomic E-state index is -3.01. The molecule has 7 nitrogen and oxygen atoms in total. The number of hydrazone groups is 1. The first-order valence-electron chi connectivity index (χ1n) is 10.6. The molecule has 3 aromatic carbocycles. The predicted molar refractivity (Wildman–Crippen MR) is 119 cm³/mol. The van der Waals surface area contributed by atoms with Gasteiger partial charge in [-0.05, 0) is 42.5 Å². The van der Waals surface area contributed by atoms with E-state index in [1.807, 2.05) is 6.07 Å². The van der Waals surface area contributed by atoms with Gasteiger partial charge in [0.25, 0.3) is 5.91 Å². The Balaban J connectivity index is 1.52. The lowest BCUT2D eigenvalue weighted by Gasteiger charge is -2.23. The van der Waals surface area contributed by atoms with Crippen LogP contribution >= 0.6 is 0 Å². The minimum Gasteiger partial charge on any atom is -0.508 e. The summed E-state index contributed by atoms with van der Waals surface area (Å²) in [6.07, 6.45) is 0.330. The number of amides is 1. The van der Waals surface area contributed by atoms with Gasteiger partial charge in [-0.15, -0.1) is 0 Å². The third kappa shape index (κ3) is 4.24. The molecule has 1 atom stereocenters. The molecule has 1 amide bonds. The van der Waals surface area contributed by atoms with Crippen molar-refractivity contribution in [1.82, 2.24) is 5.01 Å². The number of halogens is 2. The summed E-state index contributed by atoms with van der Waals surface area (Å²) >= 11 is 0. The van der Waals surface area contributed by atoms with E-state index in [0.717, 1.165) is 5.56 Å². The average molecular weight is 466 g/mol. The van der Waals surface area contributed by atoms with Crippen LogP contribution in [0.15, 0.2) is 71.8 Å². The molecule has 0 radical (unpaired) electrons. The summed E-state index contributed by atoms with van der Waals surface area (Å²) in [5, 5.41) is 16.3. The highest BCUT2D eigenvalue weighted by Crippen LogP contribution is 2.39. The Labute approximate surface area is 193 Å². The van der Waals surface area contributed by atoms with Gasteiger partial charge >= 0.3 is 6.61 Å². The number of carbonyl (C=O) groups is 1. The van der Waals surface area contributed by atoms with Crippen LogP contribution in [0.3, 0.4) is 0 Å². The monoisotopic (exact) mass is 466 g/mol. The Morgan fingerprint density at radius 2 is 1.82 bits per heavy atom. The van der Waals surface area contributed by atoms with Gasteiger partial charge < -0.3 is 19.3 Å². The Hall–Kier alpha value is -4.14. The molecule has 0 saturated heterocycles. The van der Waals surface area contributed by atoms with E-state index >= 15 is 0 Å². The molecule has 174 valence electrons. The summed E-state index contributed by atoms with van der Waals surface area (Å²) in [6, 6.07) is 17.1. The lowest BCUT2D eigenvalue weighted by Crippen LogP contribution is -2.27. The molecule has 1 N–H and O–H groups in total. The fraction of sp³-hybridized carbons (Fsp3) is 0.200. The Kier molecular flexibility index (Phi) is 5.75. The summed E-state index contributed by atoms with van der Waals surface area (Å²) in [6.45, 7) is -2.10. The first-order valence-corrected chi connectivity index (χ1v) is 10.6. The molecular weight excluding hydrogens is 446 g/mol. The van der Waals surface area contributed by atoms with Gasteiger partial charge in [0.15, 0.2) is 11.5 Å². The van der Waals surface area contributed by atoms with Crippen LogP contribution in [0.2, 0.25) is 0 Å². The zero-order valence-electron chi connectivity index (χ0n) is 17.9. The van der Waals surface area contributed by atoms with Gasteiger partial charge in [0.2, 0.25) is 0 Å². The minimum absolute atomic E-state index is 0.0266. The molecule has 0 aromatic heterocycles. The van der Waals surface area contributed by atoms with Crippen LogP contribution in [0.1, 0.15) is 33.9 Å². The van der Waals surface area contributed by atoms with Gasteiger partial charge in [-0.3, -0.25) is 4.79 Å². The molecule has 0 fully saturated rings. The number of carbonyl (C=O) groups excluding carboxylic acids is 1. The van der Waals surface area contributed by atoms with Crippen molar-refractivity contribution in [1.29, 1.82) is 0 Å². The van der Waals surface area contributed by atoms with Crippen LogP contribution in [0.5, 0.6) is 23.0 Å². The predicted octanol–water partition coefficient (Wildman–Crippen LogP) is 4.76. The molecule has 0 unspecified atom stereocenters. The number of phenolic OH excluding ortho intramolecular Hbond substituents is 1. The molecule has 3 aromatic rings. The van der Waals surface area contributed by atoms with Crippen LogP contribution in [0.4, 0.5) is 8.78 Å². The van der Waals surface area contributed by atoms with Crippen molar-refractivity contribution in [2.24, 2.45) is 5.10 Å². The number of ether oxygens (including phenoxy) is 3. The summed E-state index contributed by atoms with van der Waals surface area (Å²) in [4.78, 5) is 13.4. The maximum Gasteiger partial charge on any atom is 0.387 e. The average Bonchev–Trinajstić information content (AvgIpc) is 3.28. The molecule has 0 saturated carbocycles.